The van der Waals surface area contributed by atoms with Gasteiger partial charge in [-0.05, 0) is 48.4 Å². The Morgan fingerprint density at radius 3 is 2.09 bits per heavy atom. The van der Waals surface area contributed by atoms with Gasteiger partial charge in [-0.3, -0.25) is 9.59 Å². The van der Waals surface area contributed by atoms with Gasteiger partial charge in [-0.1, -0.05) is 76.5 Å². The van der Waals surface area contributed by atoms with Gasteiger partial charge in [0.25, 0.3) is 5.91 Å². The molecular formula is C28H37N3O4. The topological polar surface area (TPSA) is 96.9 Å². The maximum atomic E-state index is 12.1. The van der Waals surface area contributed by atoms with Gasteiger partial charge >= 0.3 is 5.97 Å². The van der Waals surface area contributed by atoms with Gasteiger partial charge in [0.15, 0.2) is 0 Å². The predicted octanol–water partition coefficient (Wildman–Crippen LogP) is 5.39. The van der Waals surface area contributed by atoms with Gasteiger partial charge in [0, 0.05) is 6.42 Å². The monoisotopic (exact) mass is 479 g/mol. The predicted molar refractivity (Wildman–Crippen MR) is 138 cm³/mol. The van der Waals surface area contributed by atoms with Crippen molar-refractivity contribution in [2.45, 2.75) is 71.1 Å². The number of hydrogen-bond donors (Lipinski definition) is 2. The molecule has 0 spiro atoms. The molecule has 0 radical (unpaired) electrons. The number of carbonyl (C=O) groups excluding carboxylic acids is 3. The first-order valence-corrected chi connectivity index (χ1v) is 12.5. The first-order chi connectivity index (χ1) is 17.1. The summed E-state index contributed by atoms with van der Waals surface area (Å²) < 4.78 is 5.32. The molecule has 0 atom stereocenters. The van der Waals surface area contributed by atoms with E-state index in [4.69, 9.17) is 4.74 Å². The second kappa shape index (κ2) is 17.0. The van der Waals surface area contributed by atoms with Crippen LogP contribution in [0.15, 0.2) is 59.7 Å². The molecule has 0 heterocycles. The summed E-state index contributed by atoms with van der Waals surface area (Å²) in [7, 11) is 0. The standard InChI is InChI=1S/C28H37N3O4/c1-2-3-4-5-6-7-8-9-13-16-26(32)29-22-27(33)31-30-21-23-17-19-25(20-18-23)35-28(34)24-14-11-10-12-15-24/h10-12,14-15,17-21H,2-9,13,16,22H2,1H3,(H,29,32)(H,31,33). The lowest BCUT2D eigenvalue weighted by Crippen LogP contribution is -2.34. The van der Waals surface area contributed by atoms with E-state index in [1.165, 1.54) is 44.7 Å². The highest BCUT2D eigenvalue weighted by atomic mass is 16.5. The van der Waals surface area contributed by atoms with Crippen LogP contribution >= 0.6 is 0 Å². The van der Waals surface area contributed by atoms with Gasteiger partial charge < -0.3 is 10.1 Å². The summed E-state index contributed by atoms with van der Waals surface area (Å²) in [6.07, 6.45) is 12.7. The summed E-state index contributed by atoms with van der Waals surface area (Å²) in [4.78, 5) is 35.8. The zero-order valence-electron chi connectivity index (χ0n) is 20.6. The van der Waals surface area contributed by atoms with Crippen molar-refractivity contribution < 1.29 is 19.1 Å². The Hall–Kier alpha value is -3.48. The van der Waals surface area contributed by atoms with Crippen molar-refractivity contribution in [3.63, 3.8) is 0 Å². The highest BCUT2D eigenvalue weighted by Gasteiger charge is 2.07. The molecule has 2 aromatic rings. The van der Waals surface area contributed by atoms with Gasteiger partial charge in [0.05, 0.1) is 18.3 Å². The summed E-state index contributed by atoms with van der Waals surface area (Å²) in [6.45, 7) is 2.11. The smallest absolute Gasteiger partial charge is 0.343 e. The van der Waals surface area contributed by atoms with Crippen molar-refractivity contribution in [1.29, 1.82) is 0 Å². The number of benzene rings is 2. The van der Waals surface area contributed by atoms with Crippen molar-refractivity contribution in [1.82, 2.24) is 10.7 Å². The molecule has 0 saturated heterocycles. The Morgan fingerprint density at radius 2 is 1.43 bits per heavy atom. The lowest BCUT2D eigenvalue weighted by Gasteiger charge is -2.05. The molecule has 0 fully saturated rings. The summed E-state index contributed by atoms with van der Waals surface area (Å²) in [5, 5.41) is 6.52. The van der Waals surface area contributed by atoms with Crippen LogP contribution in [-0.2, 0) is 9.59 Å². The number of nitrogens with zero attached hydrogens (tertiary/aromatic N) is 1. The van der Waals surface area contributed by atoms with E-state index in [1.807, 2.05) is 6.07 Å². The number of hydrogen-bond acceptors (Lipinski definition) is 5. The Bertz CT molecular complexity index is 927. The summed E-state index contributed by atoms with van der Waals surface area (Å²) in [5.41, 5.74) is 3.58. The van der Waals surface area contributed by atoms with Crippen LogP contribution in [0.25, 0.3) is 0 Å². The van der Waals surface area contributed by atoms with Gasteiger partial charge in [-0.25, -0.2) is 10.2 Å². The second-order valence-corrected chi connectivity index (χ2v) is 8.47. The highest BCUT2D eigenvalue weighted by molar-refractivity contribution is 5.91. The number of rotatable bonds is 16. The van der Waals surface area contributed by atoms with Crippen LogP contribution in [0, 0.1) is 0 Å². The number of hydrazone groups is 1. The molecule has 35 heavy (non-hydrogen) atoms. The molecular weight excluding hydrogens is 442 g/mol. The van der Waals surface area contributed by atoms with E-state index in [2.05, 4.69) is 22.8 Å². The lowest BCUT2D eigenvalue weighted by atomic mass is 10.1. The Labute approximate surface area is 208 Å². The number of unbranched alkanes of at least 4 members (excludes halogenated alkanes) is 8. The SMILES string of the molecule is CCCCCCCCCCCC(=O)NCC(=O)NN=Cc1ccc(OC(=O)c2ccccc2)cc1. The summed E-state index contributed by atoms with van der Waals surface area (Å²) >= 11 is 0. The molecule has 2 rings (SSSR count). The molecule has 7 nitrogen and oxygen atoms in total. The van der Waals surface area contributed by atoms with Crippen LogP contribution in [0.1, 0.15) is 87.1 Å². The maximum Gasteiger partial charge on any atom is 0.343 e. The number of nitrogens with one attached hydrogen (secondary N) is 2. The van der Waals surface area contributed by atoms with Crippen LogP contribution < -0.4 is 15.5 Å². The Morgan fingerprint density at radius 1 is 0.800 bits per heavy atom. The maximum absolute atomic E-state index is 12.1. The van der Waals surface area contributed by atoms with E-state index in [0.29, 0.717) is 17.7 Å². The van der Waals surface area contributed by atoms with Crippen LogP contribution in [0.5, 0.6) is 5.75 Å². The highest BCUT2D eigenvalue weighted by Crippen LogP contribution is 2.14. The first-order valence-electron chi connectivity index (χ1n) is 12.5. The van der Waals surface area contributed by atoms with Crippen LogP contribution in [0.3, 0.4) is 0 Å². The quantitative estimate of drug-likeness (QED) is 0.111. The van der Waals surface area contributed by atoms with Crippen molar-refractivity contribution in [3.8, 4) is 5.75 Å². The van der Waals surface area contributed by atoms with Gasteiger partial charge in [-0.2, -0.15) is 5.10 Å². The third-order valence-corrected chi connectivity index (χ3v) is 5.46. The molecule has 0 aliphatic rings. The third-order valence-electron chi connectivity index (χ3n) is 5.46. The lowest BCUT2D eigenvalue weighted by molar-refractivity contribution is -0.126. The minimum Gasteiger partial charge on any atom is -0.423 e. The van der Waals surface area contributed by atoms with E-state index >= 15 is 0 Å². The van der Waals surface area contributed by atoms with Gasteiger partial charge in [-0.15, -0.1) is 0 Å². The second-order valence-electron chi connectivity index (χ2n) is 8.47. The van der Waals surface area contributed by atoms with E-state index in [9.17, 15) is 14.4 Å². The fraction of sp³-hybridized carbons (Fsp3) is 0.429. The molecule has 0 aliphatic heterocycles. The Kier molecular flexibility index (Phi) is 13.5. The van der Waals surface area contributed by atoms with Gasteiger partial charge in [0.1, 0.15) is 5.75 Å². The van der Waals surface area contributed by atoms with Crippen LogP contribution in [0.2, 0.25) is 0 Å². The summed E-state index contributed by atoms with van der Waals surface area (Å²) in [6, 6.07) is 15.5. The molecule has 0 unspecified atom stereocenters. The minimum atomic E-state index is -0.431. The van der Waals surface area contributed by atoms with Gasteiger partial charge in [0.2, 0.25) is 5.91 Å². The van der Waals surface area contributed by atoms with E-state index < -0.39 is 11.9 Å². The van der Waals surface area contributed by atoms with E-state index in [0.717, 1.165) is 24.8 Å². The molecule has 7 heteroatoms. The van der Waals surface area contributed by atoms with Crippen molar-refractivity contribution in [2.75, 3.05) is 6.54 Å². The van der Waals surface area contributed by atoms with E-state index in [-0.39, 0.29) is 12.5 Å². The van der Waals surface area contributed by atoms with Crippen LogP contribution in [0.4, 0.5) is 0 Å². The van der Waals surface area contributed by atoms with Crippen molar-refractivity contribution in [3.05, 3.63) is 65.7 Å². The molecule has 0 aliphatic carbocycles. The number of carbonyl (C=O) groups is 3. The molecule has 2 N–H and O–H groups in total. The Balaban J connectivity index is 1.56. The summed E-state index contributed by atoms with van der Waals surface area (Å²) in [5.74, 6) is -0.531. The minimum absolute atomic E-state index is 0.109. The zero-order chi connectivity index (χ0) is 25.1. The number of esters is 1. The average Bonchev–Trinajstić information content (AvgIpc) is 2.88. The molecule has 2 aromatic carbocycles. The fourth-order valence-corrected chi connectivity index (χ4v) is 3.44. The molecule has 2 amide bonds. The average molecular weight is 480 g/mol. The normalized spacial score (nSPS) is 10.8. The van der Waals surface area contributed by atoms with Crippen LogP contribution in [-0.4, -0.2) is 30.5 Å². The fourth-order valence-electron chi connectivity index (χ4n) is 3.44. The zero-order valence-corrected chi connectivity index (χ0v) is 20.6. The molecule has 0 bridgehead atoms. The largest absolute Gasteiger partial charge is 0.423 e. The first kappa shape index (κ1) is 27.8. The number of amides is 2. The van der Waals surface area contributed by atoms with E-state index in [1.54, 1.807) is 48.5 Å². The third kappa shape index (κ3) is 12.5. The molecule has 0 aromatic heterocycles. The van der Waals surface area contributed by atoms with Crippen molar-refractivity contribution in [2.24, 2.45) is 5.10 Å². The molecule has 0 saturated carbocycles. The van der Waals surface area contributed by atoms with Crippen molar-refractivity contribution >= 4 is 24.0 Å². The molecule has 188 valence electrons. The number of ether oxygens (including phenoxy) is 1.